The summed E-state index contributed by atoms with van der Waals surface area (Å²) in [6.45, 7) is -1.13. The van der Waals surface area contributed by atoms with Gasteiger partial charge in [0, 0.05) is 6.42 Å². The van der Waals surface area contributed by atoms with Crippen LogP contribution in [0, 0.1) is 5.41 Å². The Labute approximate surface area is 138 Å². The van der Waals surface area contributed by atoms with Crippen LogP contribution in [-0.4, -0.2) is 61.9 Å². The van der Waals surface area contributed by atoms with Gasteiger partial charge in [-0.3, -0.25) is 9.59 Å². The molecule has 0 spiro atoms. The Hall–Kier alpha value is -2.52. The van der Waals surface area contributed by atoms with E-state index in [4.69, 9.17) is 14.6 Å². The maximum absolute atomic E-state index is 11.6. The van der Waals surface area contributed by atoms with Gasteiger partial charge >= 0.3 is 24.2 Å². The molecule has 0 aromatic heterocycles. The van der Waals surface area contributed by atoms with Gasteiger partial charge < -0.3 is 29.2 Å². The van der Waals surface area contributed by atoms with Crippen molar-refractivity contribution >= 4 is 24.2 Å². The lowest BCUT2D eigenvalue weighted by atomic mass is 9.84. The molecular weight excluding hydrogens is 328 g/mol. The number of carboxylic acid groups (broad SMARTS) is 2. The van der Waals surface area contributed by atoms with Gasteiger partial charge in [0.2, 0.25) is 0 Å². The molecule has 0 atom stereocenters. The molecule has 0 aliphatic heterocycles. The van der Waals surface area contributed by atoms with Crippen molar-refractivity contribution in [3.05, 3.63) is 0 Å². The predicted octanol–water partition coefficient (Wildman–Crippen LogP) is 1.66. The van der Waals surface area contributed by atoms with E-state index in [1.165, 1.54) is 0 Å². The van der Waals surface area contributed by atoms with E-state index >= 15 is 0 Å². The van der Waals surface area contributed by atoms with E-state index in [1.807, 2.05) is 0 Å². The van der Waals surface area contributed by atoms with E-state index in [0.29, 0.717) is 19.3 Å². The topological polar surface area (TPSA) is 146 Å². The lowest BCUT2D eigenvalue weighted by Crippen LogP contribution is -2.41. The van der Waals surface area contributed by atoms with Crippen LogP contribution in [-0.2, 0) is 28.5 Å². The van der Waals surface area contributed by atoms with Crippen molar-refractivity contribution in [3.63, 3.8) is 0 Å². The zero-order valence-electron chi connectivity index (χ0n) is 13.6. The first-order valence-electron chi connectivity index (χ1n) is 7.14. The number of ether oxygens (including phenoxy) is 4. The van der Waals surface area contributed by atoms with Crippen LogP contribution in [0.25, 0.3) is 0 Å². The smallest absolute Gasteiger partial charge is 0.481 e. The van der Waals surface area contributed by atoms with Gasteiger partial charge in [-0.25, -0.2) is 9.59 Å². The second-order valence-electron chi connectivity index (χ2n) is 5.03. The van der Waals surface area contributed by atoms with Crippen molar-refractivity contribution in [2.75, 3.05) is 27.4 Å². The minimum atomic E-state index is -1.67. The van der Waals surface area contributed by atoms with E-state index in [2.05, 4.69) is 9.47 Å². The summed E-state index contributed by atoms with van der Waals surface area (Å²) in [5.41, 5.74) is -1.67. The Kier molecular flexibility index (Phi) is 9.92. The highest BCUT2D eigenvalue weighted by atomic mass is 16.7. The molecule has 0 aliphatic rings. The maximum atomic E-state index is 11.6. The van der Waals surface area contributed by atoms with Gasteiger partial charge in [-0.15, -0.1) is 0 Å². The molecule has 0 amide bonds. The Morgan fingerprint density at radius 3 is 1.71 bits per heavy atom. The van der Waals surface area contributed by atoms with Gasteiger partial charge in [-0.2, -0.15) is 0 Å². The van der Waals surface area contributed by atoms with E-state index in [9.17, 15) is 24.3 Å². The molecule has 0 unspecified atom stereocenters. The van der Waals surface area contributed by atoms with Gasteiger partial charge in [-0.1, -0.05) is 12.8 Å². The quantitative estimate of drug-likeness (QED) is 0.416. The van der Waals surface area contributed by atoms with Crippen molar-refractivity contribution in [2.45, 2.75) is 32.1 Å². The fraction of sp³-hybridized carbons (Fsp3) is 0.714. The van der Waals surface area contributed by atoms with Crippen molar-refractivity contribution in [1.29, 1.82) is 0 Å². The van der Waals surface area contributed by atoms with Gasteiger partial charge in [0.25, 0.3) is 0 Å². The zero-order chi connectivity index (χ0) is 18.6. The molecule has 138 valence electrons. The summed E-state index contributed by atoms with van der Waals surface area (Å²) in [5.74, 6) is -2.27. The van der Waals surface area contributed by atoms with Crippen molar-refractivity contribution in [1.82, 2.24) is 0 Å². The maximum Gasteiger partial charge on any atom is 0.508 e. The van der Waals surface area contributed by atoms with Crippen LogP contribution in [0.1, 0.15) is 32.1 Å². The molecule has 0 aromatic carbocycles. The number of aliphatic carboxylic acids is 2. The molecule has 2 N–H and O–H groups in total. The van der Waals surface area contributed by atoms with Crippen LogP contribution >= 0.6 is 0 Å². The lowest BCUT2D eigenvalue weighted by Gasteiger charge is -2.27. The number of carbonyl (C=O) groups excluding carboxylic acids is 2. The second kappa shape index (κ2) is 11.1. The second-order valence-corrected chi connectivity index (χ2v) is 5.03. The molecule has 10 heteroatoms. The van der Waals surface area contributed by atoms with Crippen LogP contribution in [0.4, 0.5) is 9.59 Å². The third kappa shape index (κ3) is 8.20. The first-order valence-corrected chi connectivity index (χ1v) is 7.14. The lowest BCUT2D eigenvalue weighted by molar-refractivity contribution is -0.156. The summed E-state index contributed by atoms with van der Waals surface area (Å²) in [4.78, 5) is 44.3. The number of rotatable bonds is 11. The molecule has 0 heterocycles. The van der Waals surface area contributed by atoms with Crippen LogP contribution in [0.15, 0.2) is 0 Å². The van der Waals surface area contributed by atoms with E-state index < -0.39 is 42.9 Å². The number of hydrogen-bond acceptors (Lipinski definition) is 8. The number of hydrogen-bond donors (Lipinski definition) is 2. The third-order valence-corrected chi connectivity index (χ3v) is 3.27. The highest BCUT2D eigenvalue weighted by Gasteiger charge is 2.41. The molecule has 10 nitrogen and oxygen atoms in total. The summed E-state index contributed by atoms with van der Waals surface area (Å²) >= 11 is 0. The van der Waals surface area contributed by atoms with E-state index in [1.54, 1.807) is 0 Å². The standard InChI is InChI=1S/C14H22O10/c1-21-12(19)23-8-14(11(17)18,9-24-13(20)22-2)7-5-3-4-6-10(15)16/h3-9H2,1-2H3,(H,15,16)(H,17,18). The Balaban J connectivity index is 4.84. The molecule has 0 aliphatic carbocycles. The number of unbranched alkanes of at least 4 members (excludes halogenated alkanes) is 2. The largest absolute Gasteiger partial charge is 0.508 e. The Morgan fingerprint density at radius 2 is 1.33 bits per heavy atom. The average Bonchev–Trinajstić information content (AvgIpc) is 2.55. The first-order chi connectivity index (χ1) is 11.3. The van der Waals surface area contributed by atoms with E-state index in [0.717, 1.165) is 14.2 Å². The molecule has 0 saturated carbocycles. The average molecular weight is 350 g/mol. The summed E-state index contributed by atoms with van der Waals surface area (Å²) in [6.07, 6.45) is -0.977. The molecule has 0 rings (SSSR count). The monoisotopic (exact) mass is 350 g/mol. The van der Waals surface area contributed by atoms with Crippen LogP contribution in [0.3, 0.4) is 0 Å². The number of carbonyl (C=O) groups is 4. The first kappa shape index (κ1) is 21.5. The molecule has 24 heavy (non-hydrogen) atoms. The normalized spacial score (nSPS) is 10.6. The third-order valence-electron chi connectivity index (χ3n) is 3.27. The fourth-order valence-electron chi connectivity index (χ4n) is 1.84. The predicted molar refractivity (Wildman–Crippen MR) is 77.5 cm³/mol. The fourth-order valence-corrected chi connectivity index (χ4v) is 1.84. The Bertz CT molecular complexity index is 425. The van der Waals surface area contributed by atoms with Crippen molar-refractivity contribution in [2.24, 2.45) is 5.41 Å². The highest BCUT2D eigenvalue weighted by Crippen LogP contribution is 2.28. The number of carboxylic acids is 2. The van der Waals surface area contributed by atoms with Gasteiger partial charge in [0.15, 0.2) is 0 Å². The van der Waals surface area contributed by atoms with Crippen LogP contribution in [0.5, 0.6) is 0 Å². The molecule has 0 saturated heterocycles. The summed E-state index contributed by atoms with van der Waals surface area (Å²) < 4.78 is 18.0. The summed E-state index contributed by atoms with van der Waals surface area (Å²) in [6, 6.07) is 0. The van der Waals surface area contributed by atoms with Crippen LogP contribution in [0.2, 0.25) is 0 Å². The van der Waals surface area contributed by atoms with Crippen molar-refractivity contribution in [3.8, 4) is 0 Å². The zero-order valence-corrected chi connectivity index (χ0v) is 13.6. The van der Waals surface area contributed by atoms with Gasteiger partial charge in [0.05, 0.1) is 14.2 Å². The minimum Gasteiger partial charge on any atom is -0.481 e. The van der Waals surface area contributed by atoms with Crippen LogP contribution < -0.4 is 0 Å². The highest BCUT2D eigenvalue weighted by molar-refractivity contribution is 5.76. The van der Waals surface area contributed by atoms with Gasteiger partial charge in [0.1, 0.15) is 18.6 Å². The summed E-state index contributed by atoms with van der Waals surface area (Å²) in [5, 5.41) is 18.1. The SMILES string of the molecule is COC(=O)OCC(CCCCCC(=O)O)(COC(=O)OC)C(=O)O. The van der Waals surface area contributed by atoms with Gasteiger partial charge in [-0.05, 0) is 12.8 Å². The molecule has 0 radical (unpaired) electrons. The van der Waals surface area contributed by atoms with E-state index in [-0.39, 0.29) is 12.8 Å². The summed E-state index contributed by atoms with van der Waals surface area (Å²) in [7, 11) is 2.14. The molecular formula is C14H22O10. The number of methoxy groups -OCH3 is 2. The van der Waals surface area contributed by atoms with Crippen molar-refractivity contribution < 1.29 is 48.3 Å². The molecule has 0 fully saturated rings. The Morgan fingerprint density at radius 1 is 0.833 bits per heavy atom. The minimum absolute atomic E-state index is 0.00986. The molecule has 0 bridgehead atoms. The molecule has 0 aromatic rings.